The summed E-state index contributed by atoms with van der Waals surface area (Å²) < 4.78 is 6.63. The average molecular weight is 318 g/mol. The van der Waals surface area contributed by atoms with Gasteiger partial charge in [0.2, 0.25) is 0 Å². The summed E-state index contributed by atoms with van der Waals surface area (Å²) in [6, 6.07) is 6.18. The molecule has 0 radical (unpaired) electrons. The first kappa shape index (κ1) is 13.2. The van der Waals surface area contributed by atoms with Crippen LogP contribution in [0.2, 0.25) is 0 Å². The van der Waals surface area contributed by atoms with Gasteiger partial charge in [-0.25, -0.2) is 0 Å². The molecule has 17 heavy (non-hydrogen) atoms. The molecule has 0 aromatic heterocycles. The molecule has 1 saturated carbocycles. The van der Waals surface area contributed by atoms with Crippen molar-refractivity contribution in [1.29, 1.82) is 0 Å². The lowest BCUT2D eigenvalue weighted by atomic mass is 10.1. The Morgan fingerprint density at radius 2 is 2.24 bits per heavy atom. The molecule has 0 aliphatic heterocycles. The molecule has 0 saturated heterocycles. The topological polar surface area (TPSA) is 9.23 Å². The van der Waals surface area contributed by atoms with Crippen molar-refractivity contribution in [3.8, 4) is 5.75 Å². The maximum atomic E-state index is 6.41. The Hall–Kier alpha value is -0.210. The fourth-order valence-electron chi connectivity index (χ4n) is 1.82. The quantitative estimate of drug-likeness (QED) is 0.645. The van der Waals surface area contributed by atoms with Crippen LogP contribution in [0.5, 0.6) is 5.75 Å². The Balaban J connectivity index is 2.00. The highest BCUT2D eigenvalue weighted by Gasteiger charge is 2.25. The van der Waals surface area contributed by atoms with Gasteiger partial charge in [-0.2, -0.15) is 0 Å². The van der Waals surface area contributed by atoms with Crippen LogP contribution in [0.1, 0.15) is 43.5 Å². The summed E-state index contributed by atoms with van der Waals surface area (Å²) >= 11 is 9.95. The van der Waals surface area contributed by atoms with Crippen LogP contribution in [0.25, 0.3) is 0 Å². The average Bonchev–Trinajstić information content (AvgIpc) is 3.11. The van der Waals surface area contributed by atoms with Crippen molar-refractivity contribution in [1.82, 2.24) is 0 Å². The van der Waals surface area contributed by atoms with Gasteiger partial charge in [0.25, 0.3) is 0 Å². The smallest absolute Gasteiger partial charge is 0.133 e. The molecule has 0 spiro atoms. The first-order valence-electron chi connectivity index (χ1n) is 6.27. The predicted octanol–water partition coefficient (Wildman–Crippen LogP) is 5.32. The van der Waals surface area contributed by atoms with E-state index in [1.807, 2.05) is 6.07 Å². The highest BCUT2D eigenvalue weighted by molar-refractivity contribution is 9.10. The summed E-state index contributed by atoms with van der Waals surface area (Å²) in [5.74, 6) is 1.76. The molecule has 2 rings (SSSR count). The molecule has 1 atom stereocenters. The van der Waals surface area contributed by atoms with E-state index in [2.05, 4.69) is 35.0 Å². The van der Waals surface area contributed by atoms with E-state index in [4.69, 9.17) is 16.3 Å². The monoisotopic (exact) mass is 316 g/mol. The van der Waals surface area contributed by atoms with Crippen molar-refractivity contribution in [2.75, 3.05) is 6.61 Å². The van der Waals surface area contributed by atoms with Crippen LogP contribution in [-0.4, -0.2) is 6.61 Å². The van der Waals surface area contributed by atoms with Crippen LogP contribution >= 0.6 is 27.5 Å². The largest absolute Gasteiger partial charge is 0.492 e. The predicted molar refractivity (Wildman–Crippen MR) is 75.9 cm³/mol. The minimum atomic E-state index is 0.138. The molecule has 0 bridgehead atoms. The van der Waals surface area contributed by atoms with Crippen LogP contribution in [0.4, 0.5) is 0 Å². The van der Waals surface area contributed by atoms with Crippen LogP contribution in [-0.2, 0) is 0 Å². The Morgan fingerprint density at radius 3 is 2.82 bits per heavy atom. The second kappa shape index (κ2) is 6.10. The zero-order chi connectivity index (χ0) is 12.3. The molecule has 1 aromatic carbocycles. The van der Waals surface area contributed by atoms with Gasteiger partial charge in [-0.3, -0.25) is 0 Å². The van der Waals surface area contributed by atoms with E-state index in [9.17, 15) is 0 Å². The van der Waals surface area contributed by atoms with Crippen molar-refractivity contribution < 1.29 is 4.74 Å². The molecule has 1 nitrogen and oxygen atoms in total. The van der Waals surface area contributed by atoms with Gasteiger partial charge < -0.3 is 4.74 Å². The third kappa shape index (κ3) is 3.89. The maximum Gasteiger partial charge on any atom is 0.133 e. The number of rotatable bonds is 6. The standard InChI is InChI=1S/C14H18BrClO/c1-2-7-17-14-6-5-11(9-12(14)15)13(16)8-10-3-4-10/h5-6,9-10,13H,2-4,7-8H2,1H3. The van der Waals surface area contributed by atoms with E-state index in [0.717, 1.165) is 35.6 Å². The zero-order valence-corrected chi connectivity index (χ0v) is 12.4. The highest BCUT2D eigenvalue weighted by atomic mass is 79.9. The minimum absolute atomic E-state index is 0.138. The van der Waals surface area contributed by atoms with Crippen LogP contribution in [0, 0.1) is 5.92 Å². The van der Waals surface area contributed by atoms with E-state index >= 15 is 0 Å². The van der Waals surface area contributed by atoms with Gasteiger partial charge in [0.1, 0.15) is 5.75 Å². The summed E-state index contributed by atoms with van der Waals surface area (Å²) in [6.45, 7) is 2.86. The number of hydrogen-bond donors (Lipinski definition) is 0. The lowest BCUT2D eigenvalue weighted by molar-refractivity contribution is 0.315. The lowest BCUT2D eigenvalue weighted by Gasteiger charge is -2.12. The maximum absolute atomic E-state index is 6.41. The Bertz CT molecular complexity index is 376. The molecule has 1 aliphatic rings. The van der Waals surface area contributed by atoms with Crippen molar-refractivity contribution in [3.63, 3.8) is 0 Å². The summed E-state index contributed by atoms with van der Waals surface area (Å²) in [6.07, 6.45) is 4.82. The van der Waals surface area contributed by atoms with E-state index in [1.165, 1.54) is 18.4 Å². The molecule has 94 valence electrons. The fourth-order valence-corrected chi connectivity index (χ4v) is 2.72. The Morgan fingerprint density at radius 1 is 1.47 bits per heavy atom. The minimum Gasteiger partial charge on any atom is -0.492 e. The van der Waals surface area contributed by atoms with E-state index < -0.39 is 0 Å². The number of halogens is 2. The molecule has 0 amide bonds. The second-order valence-corrected chi connectivity index (χ2v) is 6.07. The summed E-state index contributed by atoms with van der Waals surface area (Å²) in [5, 5.41) is 0.138. The van der Waals surface area contributed by atoms with Gasteiger partial charge in [-0.15, -0.1) is 11.6 Å². The number of alkyl halides is 1. The normalized spacial score (nSPS) is 16.9. The van der Waals surface area contributed by atoms with Gasteiger partial charge in [0, 0.05) is 0 Å². The van der Waals surface area contributed by atoms with Gasteiger partial charge in [-0.05, 0) is 52.4 Å². The van der Waals surface area contributed by atoms with Gasteiger partial charge in [0.05, 0.1) is 16.5 Å². The molecule has 1 aromatic rings. The summed E-state index contributed by atoms with van der Waals surface area (Å²) in [7, 11) is 0. The molecule has 3 heteroatoms. The van der Waals surface area contributed by atoms with Gasteiger partial charge in [-0.1, -0.05) is 25.8 Å². The fraction of sp³-hybridized carbons (Fsp3) is 0.571. The number of hydrogen-bond acceptors (Lipinski definition) is 1. The molecule has 1 fully saturated rings. The molecule has 0 heterocycles. The SMILES string of the molecule is CCCOc1ccc(C(Cl)CC2CC2)cc1Br. The van der Waals surface area contributed by atoms with Crippen molar-refractivity contribution in [2.45, 2.75) is 38.0 Å². The van der Waals surface area contributed by atoms with Crippen LogP contribution in [0.3, 0.4) is 0 Å². The Kier molecular flexibility index (Phi) is 4.75. The summed E-state index contributed by atoms with van der Waals surface area (Å²) in [4.78, 5) is 0. The first-order chi connectivity index (χ1) is 8.20. The van der Waals surface area contributed by atoms with E-state index in [-0.39, 0.29) is 5.38 Å². The summed E-state index contributed by atoms with van der Waals surface area (Å²) in [5.41, 5.74) is 1.19. The van der Waals surface area contributed by atoms with Gasteiger partial charge >= 0.3 is 0 Å². The number of ether oxygens (including phenoxy) is 1. The van der Waals surface area contributed by atoms with Gasteiger partial charge in [0.15, 0.2) is 0 Å². The third-order valence-corrected chi connectivity index (χ3v) is 4.07. The molecular weight excluding hydrogens is 300 g/mol. The molecule has 1 unspecified atom stereocenters. The molecule has 1 aliphatic carbocycles. The zero-order valence-electron chi connectivity index (χ0n) is 10.1. The van der Waals surface area contributed by atoms with Crippen LogP contribution < -0.4 is 4.74 Å². The lowest BCUT2D eigenvalue weighted by Crippen LogP contribution is -1.97. The molecular formula is C14H18BrClO. The van der Waals surface area contributed by atoms with Crippen LogP contribution in [0.15, 0.2) is 22.7 Å². The second-order valence-electron chi connectivity index (χ2n) is 4.68. The third-order valence-electron chi connectivity index (χ3n) is 3.02. The first-order valence-corrected chi connectivity index (χ1v) is 7.50. The Labute approximate surface area is 117 Å². The number of benzene rings is 1. The van der Waals surface area contributed by atoms with E-state index in [1.54, 1.807) is 0 Å². The van der Waals surface area contributed by atoms with Crippen molar-refractivity contribution in [2.24, 2.45) is 5.92 Å². The highest BCUT2D eigenvalue weighted by Crippen LogP contribution is 2.41. The van der Waals surface area contributed by atoms with Crippen molar-refractivity contribution in [3.05, 3.63) is 28.2 Å². The molecule has 0 N–H and O–H groups in total. The van der Waals surface area contributed by atoms with E-state index in [0.29, 0.717) is 0 Å². The van der Waals surface area contributed by atoms with Crippen molar-refractivity contribution >= 4 is 27.5 Å².